The van der Waals surface area contributed by atoms with Crippen LogP contribution in [0.15, 0.2) is 0 Å². The van der Waals surface area contributed by atoms with Crippen molar-refractivity contribution >= 4 is 10.2 Å². The van der Waals surface area contributed by atoms with Crippen LogP contribution in [0.25, 0.3) is 0 Å². The van der Waals surface area contributed by atoms with Gasteiger partial charge in [0, 0.05) is 23.1 Å². The molecule has 0 atom stereocenters. The molecule has 3 heteroatoms. The summed E-state index contributed by atoms with van der Waals surface area (Å²) in [5.74, 6) is 0. The molecular formula is C6H19NOSi. The van der Waals surface area contributed by atoms with Gasteiger partial charge in [-0.05, 0) is 28.1 Å². The topological polar surface area (TPSA) is 12.5 Å². The molecule has 0 spiro atoms. The molecule has 0 saturated carbocycles. The molecule has 58 valence electrons. The highest BCUT2D eigenvalue weighted by Crippen LogP contribution is 1.60. The predicted molar refractivity (Wildman–Crippen MR) is 46.0 cm³/mol. The minimum absolute atomic E-state index is 0.878. The number of ether oxygens (including phenoxy) is 1. The van der Waals surface area contributed by atoms with Gasteiger partial charge >= 0.3 is 0 Å². The number of hydrogen-bond donors (Lipinski definition) is 0. The summed E-state index contributed by atoms with van der Waals surface area (Å²) in [5, 5.41) is 0. The summed E-state index contributed by atoms with van der Waals surface area (Å²) in [6, 6.07) is 0. The third kappa shape index (κ3) is 67.1. The molecule has 0 rings (SSSR count). The first-order chi connectivity index (χ1) is 4.15. The lowest BCUT2D eigenvalue weighted by molar-refractivity contribution is 0.195. The maximum Gasteiger partial charge on any atom is 0.0433 e. The van der Waals surface area contributed by atoms with Gasteiger partial charge in [0.1, 0.15) is 0 Å². The summed E-state index contributed by atoms with van der Waals surface area (Å²) in [4.78, 5) is 2.00. The Morgan fingerprint density at radius 3 is 1.67 bits per heavy atom. The zero-order valence-electron chi connectivity index (χ0n) is 7.27. The van der Waals surface area contributed by atoms with Crippen LogP contribution in [0, 0.1) is 0 Å². The molecule has 0 aromatic rings. The van der Waals surface area contributed by atoms with Crippen LogP contribution in [-0.2, 0) is 4.74 Å². The first kappa shape index (κ1) is 11.9. The average Bonchev–Trinajstić information content (AvgIpc) is 1.66. The van der Waals surface area contributed by atoms with E-state index in [1.54, 1.807) is 0 Å². The molecule has 0 bridgehead atoms. The molecule has 9 heavy (non-hydrogen) atoms. The van der Waals surface area contributed by atoms with E-state index in [2.05, 4.69) is 0 Å². The van der Waals surface area contributed by atoms with E-state index in [-0.39, 0.29) is 0 Å². The van der Waals surface area contributed by atoms with Crippen LogP contribution in [0.1, 0.15) is 6.92 Å². The van der Waals surface area contributed by atoms with Crippen LogP contribution in [0.3, 0.4) is 0 Å². The zero-order chi connectivity index (χ0) is 7.70. The Labute approximate surface area is 61.6 Å². The smallest absolute Gasteiger partial charge is 0.0433 e. The molecule has 0 N–H and O–H groups in total. The first-order valence-corrected chi connectivity index (χ1v) is 4.75. The van der Waals surface area contributed by atoms with Gasteiger partial charge in [-0.25, -0.2) is 0 Å². The zero-order valence-corrected chi connectivity index (χ0v) is 9.27. The van der Waals surface area contributed by atoms with Crippen molar-refractivity contribution in [3.8, 4) is 0 Å². The first-order valence-electron chi connectivity index (χ1n) is 3.33. The van der Waals surface area contributed by atoms with Crippen LogP contribution in [-0.4, -0.2) is 49.1 Å². The molecule has 0 radical (unpaired) electrons. The van der Waals surface area contributed by atoms with Gasteiger partial charge in [0.05, 0.1) is 0 Å². The molecule has 0 unspecified atom stereocenters. The van der Waals surface area contributed by atoms with E-state index in [0.717, 1.165) is 12.8 Å². The van der Waals surface area contributed by atoms with Crippen LogP contribution >= 0.6 is 0 Å². The van der Waals surface area contributed by atoms with Gasteiger partial charge in [-0.3, -0.25) is 0 Å². The molecule has 2 nitrogen and oxygen atoms in total. The van der Waals surface area contributed by atoms with Crippen molar-refractivity contribution < 1.29 is 4.74 Å². The molecule has 0 saturated heterocycles. The molecular weight excluding hydrogens is 130 g/mol. The van der Waals surface area contributed by atoms with Crippen LogP contribution in [0.5, 0.6) is 0 Å². The lowest BCUT2D eigenvalue weighted by atomic mass is 10.9. The summed E-state index contributed by atoms with van der Waals surface area (Å²) in [6.07, 6.45) is 0.983. The van der Waals surface area contributed by atoms with Crippen molar-refractivity contribution in [3.63, 3.8) is 0 Å². The lowest BCUT2D eigenvalue weighted by Crippen LogP contribution is -1.99. The fourth-order valence-electron chi connectivity index (χ4n) is 0.204. The number of rotatable bonds is 2. The molecule has 0 amide bonds. The third-order valence-corrected chi connectivity index (χ3v) is 0.816. The fraction of sp³-hybridized carbons (Fsp3) is 1.00. The van der Waals surface area contributed by atoms with Crippen molar-refractivity contribution in [2.24, 2.45) is 0 Å². The predicted octanol–water partition coefficient (Wildman–Crippen LogP) is -0.476. The van der Waals surface area contributed by atoms with Gasteiger partial charge in [0.2, 0.25) is 0 Å². The van der Waals surface area contributed by atoms with Gasteiger partial charge in [-0.2, -0.15) is 0 Å². The molecule has 0 aliphatic carbocycles. The van der Waals surface area contributed by atoms with Crippen molar-refractivity contribution in [3.05, 3.63) is 0 Å². The average molecular weight is 149 g/mol. The highest BCUT2D eigenvalue weighted by molar-refractivity contribution is 6.08. The summed E-state index contributed by atoms with van der Waals surface area (Å²) in [6.45, 7) is 2.89. The minimum atomic E-state index is 0.878. The van der Waals surface area contributed by atoms with E-state index in [9.17, 15) is 0 Å². The van der Waals surface area contributed by atoms with E-state index >= 15 is 0 Å². The Kier molecular flexibility index (Phi) is 14.5. The lowest BCUT2D eigenvalue weighted by Gasteiger charge is -1.90. The highest BCUT2D eigenvalue weighted by Gasteiger charge is 1.64. The van der Waals surface area contributed by atoms with Gasteiger partial charge in [0.15, 0.2) is 0 Å². The summed E-state index contributed by atoms with van der Waals surface area (Å²) in [5.41, 5.74) is 0. The normalized spacial score (nSPS) is 9.00. The summed E-state index contributed by atoms with van der Waals surface area (Å²) >= 11 is 0. The minimum Gasteiger partial charge on any atom is -0.386 e. The second kappa shape index (κ2) is 11.0. The summed E-state index contributed by atoms with van der Waals surface area (Å²) in [7, 11) is 7.18. The van der Waals surface area contributed by atoms with Crippen LogP contribution in [0.2, 0.25) is 0 Å². The molecule has 0 aliphatic rings. The Morgan fingerprint density at radius 1 is 1.33 bits per heavy atom. The number of hydrogen-bond acceptors (Lipinski definition) is 2. The van der Waals surface area contributed by atoms with E-state index in [0.29, 0.717) is 0 Å². The van der Waals surface area contributed by atoms with Gasteiger partial charge in [0.25, 0.3) is 0 Å². The third-order valence-electron chi connectivity index (χ3n) is 0.408. The van der Waals surface area contributed by atoms with Crippen molar-refractivity contribution in [2.75, 3.05) is 34.0 Å². The Hall–Kier alpha value is 0.137. The molecule has 0 heterocycles. The van der Waals surface area contributed by atoms with Crippen LogP contribution < -0.4 is 0 Å². The van der Waals surface area contributed by atoms with E-state index in [1.165, 1.54) is 10.2 Å². The molecule has 0 aromatic carbocycles. The van der Waals surface area contributed by atoms with Crippen molar-refractivity contribution in [2.45, 2.75) is 6.92 Å². The maximum absolute atomic E-state index is 4.90. The van der Waals surface area contributed by atoms with Crippen molar-refractivity contribution in [1.29, 1.82) is 0 Å². The maximum atomic E-state index is 4.90. The number of nitrogens with zero attached hydrogens (tertiary/aromatic N) is 1. The highest BCUT2D eigenvalue weighted by atomic mass is 28.1. The van der Waals surface area contributed by atoms with Crippen molar-refractivity contribution in [1.82, 2.24) is 4.90 Å². The van der Waals surface area contributed by atoms with Crippen LogP contribution in [0.4, 0.5) is 0 Å². The molecule has 0 aromatic heterocycles. The second-order valence-corrected chi connectivity index (χ2v) is 2.70. The van der Waals surface area contributed by atoms with E-state index < -0.39 is 0 Å². The second-order valence-electron chi connectivity index (χ2n) is 2.12. The standard InChI is InChI=1S/C3H9N.C3H10OSi/c1-4(2)3;1-2-4-3-5/h1-3H3;2-3H2,1,5H3. The van der Waals surface area contributed by atoms with Gasteiger partial charge in [-0.15, -0.1) is 0 Å². The summed E-state index contributed by atoms with van der Waals surface area (Å²) < 4.78 is 4.90. The Bertz CT molecular complexity index is 37.3. The quantitative estimate of drug-likeness (QED) is 0.492. The largest absolute Gasteiger partial charge is 0.386 e. The SMILES string of the molecule is CCOC[SiH3].CN(C)C. The molecule has 0 aliphatic heterocycles. The monoisotopic (exact) mass is 149 g/mol. The fourth-order valence-corrected chi connectivity index (χ4v) is 0.612. The Balaban J connectivity index is 0. The van der Waals surface area contributed by atoms with E-state index in [4.69, 9.17) is 4.74 Å². The molecule has 0 fully saturated rings. The van der Waals surface area contributed by atoms with E-state index in [1.807, 2.05) is 33.0 Å². The van der Waals surface area contributed by atoms with Gasteiger partial charge in [-0.1, -0.05) is 0 Å². The Morgan fingerprint density at radius 2 is 1.67 bits per heavy atom. The van der Waals surface area contributed by atoms with Gasteiger partial charge < -0.3 is 9.64 Å².